The summed E-state index contributed by atoms with van der Waals surface area (Å²) in [5.74, 6) is 0.689. The highest BCUT2D eigenvalue weighted by molar-refractivity contribution is 5.91. The van der Waals surface area contributed by atoms with E-state index < -0.39 is 0 Å². The van der Waals surface area contributed by atoms with Crippen molar-refractivity contribution < 1.29 is 9.53 Å². The van der Waals surface area contributed by atoms with E-state index in [1.165, 1.54) is 5.56 Å². The Hall–Kier alpha value is -3.10. The number of hydrogen-bond acceptors (Lipinski definition) is 4. The van der Waals surface area contributed by atoms with Gasteiger partial charge in [0.25, 0.3) is 0 Å². The van der Waals surface area contributed by atoms with Gasteiger partial charge in [-0.1, -0.05) is 42.5 Å². The van der Waals surface area contributed by atoms with E-state index in [1.54, 1.807) is 18.2 Å². The molecular formula is C22H23N3O2. The molecule has 5 nitrogen and oxygen atoms in total. The molecule has 1 heterocycles. The fourth-order valence-corrected chi connectivity index (χ4v) is 3.03. The summed E-state index contributed by atoms with van der Waals surface area (Å²) in [6.45, 7) is 4.23. The first kappa shape index (κ1) is 18.7. The lowest BCUT2D eigenvalue weighted by Gasteiger charge is -2.34. The predicted molar refractivity (Wildman–Crippen MR) is 105 cm³/mol. The normalized spacial score (nSPS) is 14.9. The smallest absolute Gasteiger partial charge is 0.246 e. The Morgan fingerprint density at radius 2 is 1.74 bits per heavy atom. The summed E-state index contributed by atoms with van der Waals surface area (Å²) in [4.78, 5) is 16.7. The van der Waals surface area contributed by atoms with Crippen LogP contribution in [0.1, 0.15) is 11.1 Å². The summed E-state index contributed by atoms with van der Waals surface area (Å²) < 4.78 is 5.22. The molecule has 0 saturated carbocycles. The van der Waals surface area contributed by atoms with Gasteiger partial charge in [-0.25, -0.2) is 0 Å². The first-order chi connectivity index (χ1) is 13.2. The Morgan fingerprint density at radius 3 is 2.41 bits per heavy atom. The first-order valence-corrected chi connectivity index (χ1v) is 9.08. The SMILES string of the molecule is N#CCOc1ccc(/C=C/C(=O)N2CCN(Cc3ccccc3)CC2)cc1. The Balaban J connectivity index is 1.46. The van der Waals surface area contributed by atoms with Gasteiger partial charge in [0.1, 0.15) is 11.8 Å². The number of piperazine rings is 1. The third-order valence-electron chi connectivity index (χ3n) is 4.53. The van der Waals surface area contributed by atoms with Crippen LogP contribution < -0.4 is 4.74 Å². The molecule has 2 aromatic rings. The quantitative estimate of drug-likeness (QED) is 0.743. The number of carbonyl (C=O) groups excluding carboxylic acids is 1. The minimum absolute atomic E-state index is 0.0317. The summed E-state index contributed by atoms with van der Waals surface area (Å²) in [6.07, 6.45) is 3.44. The second kappa shape index (κ2) is 9.56. The van der Waals surface area contributed by atoms with Crippen molar-refractivity contribution in [1.29, 1.82) is 5.26 Å². The molecule has 27 heavy (non-hydrogen) atoms. The molecule has 0 N–H and O–H groups in total. The molecular weight excluding hydrogens is 338 g/mol. The third-order valence-corrected chi connectivity index (χ3v) is 4.53. The van der Waals surface area contributed by atoms with Crippen LogP contribution in [0.15, 0.2) is 60.7 Å². The van der Waals surface area contributed by atoms with Gasteiger partial charge in [0.05, 0.1) is 0 Å². The van der Waals surface area contributed by atoms with Gasteiger partial charge in [-0.05, 0) is 29.3 Å². The molecule has 1 amide bonds. The lowest BCUT2D eigenvalue weighted by atomic mass is 10.2. The van der Waals surface area contributed by atoms with Crippen molar-refractivity contribution in [2.45, 2.75) is 6.54 Å². The zero-order valence-electron chi connectivity index (χ0n) is 15.3. The number of rotatable bonds is 6. The van der Waals surface area contributed by atoms with Crippen LogP contribution in [-0.2, 0) is 11.3 Å². The van der Waals surface area contributed by atoms with Crippen molar-refractivity contribution in [3.05, 3.63) is 71.8 Å². The highest BCUT2D eigenvalue weighted by Crippen LogP contribution is 2.14. The van der Waals surface area contributed by atoms with Gasteiger partial charge in [-0.3, -0.25) is 9.69 Å². The van der Waals surface area contributed by atoms with Crippen LogP contribution in [-0.4, -0.2) is 48.5 Å². The van der Waals surface area contributed by atoms with E-state index in [4.69, 9.17) is 10.00 Å². The van der Waals surface area contributed by atoms with Crippen LogP contribution in [0.25, 0.3) is 6.08 Å². The third kappa shape index (κ3) is 5.70. The van der Waals surface area contributed by atoms with Crippen LogP contribution in [0.3, 0.4) is 0 Å². The number of ether oxygens (including phenoxy) is 1. The van der Waals surface area contributed by atoms with Crippen LogP contribution in [0.5, 0.6) is 5.75 Å². The molecule has 1 saturated heterocycles. The summed E-state index contributed by atoms with van der Waals surface area (Å²) >= 11 is 0. The van der Waals surface area contributed by atoms with E-state index in [-0.39, 0.29) is 12.5 Å². The molecule has 2 aromatic carbocycles. The van der Waals surface area contributed by atoms with Crippen molar-refractivity contribution in [3.63, 3.8) is 0 Å². The Bertz CT molecular complexity index is 802. The van der Waals surface area contributed by atoms with Crippen molar-refractivity contribution in [2.75, 3.05) is 32.8 Å². The van der Waals surface area contributed by atoms with E-state index in [2.05, 4.69) is 29.2 Å². The minimum Gasteiger partial charge on any atom is -0.479 e. The Labute approximate surface area is 160 Å². The number of carbonyl (C=O) groups is 1. The average molecular weight is 361 g/mol. The van der Waals surface area contributed by atoms with Gasteiger partial charge in [0.2, 0.25) is 5.91 Å². The molecule has 1 aliphatic heterocycles. The average Bonchev–Trinajstić information content (AvgIpc) is 2.72. The van der Waals surface area contributed by atoms with E-state index in [9.17, 15) is 4.79 Å². The van der Waals surface area contributed by atoms with E-state index in [1.807, 2.05) is 35.2 Å². The summed E-state index contributed by atoms with van der Waals surface area (Å²) in [7, 11) is 0. The molecule has 138 valence electrons. The van der Waals surface area contributed by atoms with Crippen LogP contribution in [0.2, 0.25) is 0 Å². The maximum atomic E-state index is 12.4. The van der Waals surface area contributed by atoms with Crippen molar-refractivity contribution in [2.24, 2.45) is 0 Å². The maximum absolute atomic E-state index is 12.4. The first-order valence-electron chi connectivity index (χ1n) is 9.08. The van der Waals surface area contributed by atoms with Crippen molar-refractivity contribution >= 4 is 12.0 Å². The highest BCUT2D eigenvalue weighted by Gasteiger charge is 2.19. The summed E-state index contributed by atoms with van der Waals surface area (Å²) in [5.41, 5.74) is 2.23. The van der Waals surface area contributed by atoms with E-state index in [0.717, 1.165) is 38.3 Å². The van der Waals surface area contributed by atoms with Gasteiger partial charge in [-0.2, -0.15) is 5.26 Å². The van der Waals surface area contributed by atoms with Crippen molar-refractivity contribution in [1.82, 2.24) is 9.80 Å². The van der Waals surface area contributed by atoms with Gasteiger partial charge in [0.15, 0.2) is 6.61 Å². The fourth-order valence-electron chi connectivity index (χ4n) is 3.03. The van der Waals surface area contributed by atoms with Gasteiger partial charge < -0.3 is 9.64 Å². The molecule has 1 fully saturated rings. The van der Waals surface area contributed by atoms with Gasteiger partial charge >= 0.3 is 0 Å². The second-order valence-electron chi connectivity index (χ2n) is 6.44. The Morgan fingerprint density at radius 1 is 1.04 bits per heavy atom. The monoisotopic (exact) mass is 361 g/mol. The second-order valence-corrected chi connectivity index (χ2v) is 6.44. The number of hydrogen-bond donors (Lipinski definition) is 0. The summed E-state index contributed by atoms with van der Waals surface area (Å²) in [5, 5.41) is 8.51. The number of nitriles is 1. The van der Waals surface area contributed by atoms with Crippen molar-refractivity contribution in [3.8, 4) is 11.8 Å². The highest BCUT2D eigenvalue weighted by atomic mass is 16.5. The summed E-state index contributed by atoms with van der Waals surface area (Å²) in [6, 6.07) is 19.7. The van der Waals surface area contributed by atoms with Gasteiger partial charge in [0, 0.05) is 38.8 Å². The number of amides is 1. The van der Waals surface area contributed by atoms with Crippen LogP contribution in [0, 0.1) is 11.3 Å². The van der Waals surface area contributed by atoms with E-state index >= 15 is 0 Å². The van der Waals surface area contributed by atoms with E-state index in [0.29, 0.717) is 5.75 Å². The maximum Gasteiger partial charge on any atom is 0.246 e. The predicted octanol–water partition coefficient (Wildman–Crippen LogP) is 2.95. The standard InChI is InChI=1S/C22H23N3O2/c23-12-17-27-21-9-6-19(7-10-21)8-11-22(26)25-15-13-24(14-16-25)18-20-4-2-1-3-5-20/h1-11H,13-18H2/b11-8+. The lowest BCUT2D eigenvalue weighted by Crippen LogP contribution is -2.47. The molecule has 5 heteroatoms. The molecule has 0 radical (unpaired) electrons. The zero-order chi connectivity index (χ0) is 18.9. The molecule has 0 aromatic heterocycles. The van der Waals surface area contributed by atoms with Crippen LogP contribution >= 0.6 is 0 Å². The lowest BCUT2D eigenvalue weighted by molar-refractivity contribution is -0.127. The number of benzene rings is 2. The zero-order valence-corrected chi connectivity index (χ0v) is 15.3. The molecule has 0 unspecified atom stereocenters. The largest absolute Gasteiger partial charge is 0.479 e. The topological polar surface area (TPSA) is 56.6 Å². The number of nitrogens with zero attached hydrogens (tertiary/aromatic N) is 3. The Kier molecular flexibility index (Phi) is 6.61. The molecule has 0 bridgehead atoms. The minimum atomic E-state index is 0.0317. The van der Waals surface area contributed by atoms with Crippen LogP contribution in [0.4, 0.5) is 0 Å². The molecule has 1 aliphatic rings. The molecule has 0 spiro atoms. The molecule has 0 atom stereocenters. The molecule has 0 aliphatic carbocycles. The molecule has 3 rings (SSSR count). The fraction of sp³-hybridized carbons (Fsp3) is 0.273. The van der Waals surface area contributed by atoms with Gasteiger partial charge in [-0.15, -0.1) is 0 Å².